The van der Waals surface area contributed by atoms with Crippen LogP contribution in [0.4, 0.5) is 5.13 Å². The number of fused-ring (bicyclic) bond motifs is 1. The number of hydrogen-bond acceptors (Lipinski definition) is 5. The lowest BCUT2D eigenvalue weighted by atomic mass is 10.1. The van der Waals surface area contributed by atoms with Crippen LogP contribution in [0.5, 0.6) is 5.75 Å². The van der Waals surface area contributed by atoms with E-state index in [1.165, 1.54) is 11.3 Å². The second-order valence-electron chi connectivity index (χ2n) is 6.02. The van der Waals surface area contributed by atoms with E-state index < -0.39 is 5.91 Å². The number of anilines is 1. The Hall–Kier alpha value is -3.65. The second kappa shape index (κ2) is 7.53. The molecule has 4 rings (SSSR count). The smallest absolute Gasteiger partial charge is 0.257 e. The molecular weight excluding hydrogens is 376 g/mol. The molecule has 0 bridgehead atoms. The summed E-state index contributed by atoms with van der Waals surface area (Å²) in [5, 5.41) is 6.26. The molecule has 0 spiro atoms. The fourth-order valence-corrected chi connectivity index (χ4v) is 3.49. The van der Waals surface area contributed by atoms with Gasteiger partial charge in [-0.15, -0.1) is 11.3 Å². The van der Waals surface area contributed by atoms with Crippen LogP contribution in [0, 0.1) is 0 Å². The molecule has 0 saturated heterocycles. The van der Waals surface area contributed by atoms with Crippen LogP contribution in [0.3, 0.4) is 0 Å². The molecule has 0 unspecified atom stereocenters. The number of H-pyrrole nitrogens is 1. The van der Waals surface area contributed by atoms with Crippen LogP contribution < -0.4 is 15.8 Å². The standard InChI is InChI=1S/C20H16N4O3S/c21-18(25)10-27-13-5-3-4-12(8-13)19(26)24-20-23-17(11-28-20)15-9-22-16-7-2-1-6-14(15)16/h1-9,11,22H,10H2,(H2,21,25)(H,23,24,26). The van der Waals surface area contributed by atoms with Gasteiger partial charge in [-0.25, -0.2) is 4.98 Å². The zero-order chi connectivity index (χ0) is 19.5. The van der Waals surface area contributed by atoms with Gasteiger partial charge in [0.2, 0.25) is 0 Å². The Kier molecular flexibility index (Phi) is 4.77. The predicted octanol–water partition coefficient (Wildman–Crippen LogP) is 3.41. The topological polar surface area (TPSA) is 110 Å². The zero-order valence-electron chi connectivity index (χ0n) is 14.6. The third kappa shape index (κ3) is 3.72. The molecule has 2 heterocycles. The van der Waals surface area contributed by atoms with Crippen LogP contribution in [-0.2, 0) is 4.79 Å². The van der Waals surface area contributed by atoms with E-state index in [1.54, 1.807) is 24.3 Å². The molecular formula is C20H16N4O3S. The molecule has 2 amide bonds. The third-order valence-electron chi connectivity index (χ3n) is 4.07. The lowest BCUT2D eigenvalue weighted by Gasteiger charge is -2.06. The SMILES string of the molecule is NC(=O)COc1cccc(C(=O)Nc2nc(-c3c[nH]c4ccccc34)cs2)c1. The molecule has 0 fully saturated rings. The van der Waals surface area contributed by atoms with E-state index >= 15 is 0 Å². The highest BCUT2D eigenvalue weighted by molar-refractivity contribution is 7.14. The Labute approximate surface area is 164 Å². The van der Waals surface area contributed by atoms with Crippen molar-refractivity contribution in [3.05, 3.63) is 65.7 Å². The first-order valence-electron chi connectivity index (χ1n) is 8.45. The summed E-state index contributed by atoms with van der Waals surface area (Å²) in [6, 6.07) is 14.5. The van der Waals surface area contributed by atoms with Crippen molar-refractivity contribution in [2.75, 3.05) is 11.9 Å². The first kappa shape index (κ1) is 17.7. The summed E-state index contributed by atoms with van der Waals surface area (Å²) in [5.41, 5.74) is 8.26. The number of ether oxygens (including phenoxy) is 1. The minimum atomic E-state index is -0.581. The summed E-state index contributed by atoms with van der Waals surface area (Å²) in [5.74, 6) is -0.503. The Bertz CT molecular complexity index is 1160. The van der Waals surface area contributed by atoms with Crippen molar-refractivity contribution in [3.8, 4) is 17.0 Å². The van der Waals surface area contributed by atoms with Gasteiger partial charge < -0.3 is 15.5 Å². The number of benzene rings is 2. The number of para-hydroxylation sites is 1. The molecule has 0 aliphatic heterocycles. The van der Waals surface area contributed by atoms with Gasteiger partial charge in [-0.05, 0) is 24.3 Å². The molecule has 8 heteroatoms. The van der Waals surface area contributed by atoms with Crippen LogP contribution >= 0.6 is 11.3 Å². The van der Waals surface area contributed by atoms with Gasteiger partial charge in [0.05, 0.1) is 5.69 Å². The maximum absolute atomic E-state index is 12.5. The molecule has 0 atom stereocenters. The van der Waals surface area contributed by atoms with Crippen LogP contribution in [0.15, 0.2) is 60.1 Å². The molecule has 2 aromatic carbocycles. The van der Waals surface area contributed by atoms with E-state index in [9.17, 15) is 9.59 Å². The Morgan fingerprint density at radius 3 is 2.89 bits per heavy atom. The number of aromatic nitrogens is 2. The van der Waals surface area contributed by atoms with Crippen LogP contribution in [0.1, 0.15) is 10.4 Å². The number of nitrogens with two attached hydrogens (primary N) is 1. The number of primary amides is 1. The fraction of sp³-hybridized carbons (Fsp3) is 0.0500. The number of carbonyl (C=O) groups is 2. The molecule has 0 radical (unpaired) electrons. The molecule has 0 aliphatic rings. The molecule has 7 nitrogen and oxygen atoms in total. The number of hydrogen-bond donors (Lipinski definition) is 3. The molecule has 0 aliphatic carbocycles. The number of nitrogens with one attached hydrogen (secondary N) is 2. The van der Waals surface area contributed by atoms with Crippen molar-refractivity contribution >= 4 is 39.2 Å². The number of nitrogens with zero attached hydrogens (tertiary/aromatic N) is 1. The summed E-state index contributed by atoms with van der Waals surface area (Å²) in [6.45, 7) is -0.245. The second-order valence-corrected chi connectivity index (χ2v) is 6.88. The van der Waals surface area contributed by atoms with E-state index in [0.29, 0.717) is 16.4 Å². The van der Waals surface area contributed by atoms with Gasteiger partial charge in [-0.1, -0.05) is 24.3 Å². The van der Waals surface area contributed by atoms with Crippen molar-refractivity contribution < 1.29 is 14.3 Å². The summed E-state index contributed by atoms with van der Waals surface area (Å²) in [6.07, 6.45) is 1.91. The van der Waals surface area contributed by atoms with Gasteiger partial charge in [0.25, 0.3) is 11.8 Å². The maximum Gasteiger partial charge on any atom is 0.257 e. The lowest BCUT2D eigenvalue weighted by Crippen LogP contribution is -2.20. The Morgan fingerprint density at radius 1 is 1.18 bits per heavy atom. The van der Waals surface area contributed by atoms with Gasteiger partial charge in [0.1, 0.15) is 5.75 Å². The van der Waals surface area contributed by atoms with Gasteiger partial charge in [-0.2, -0.15) is 0 Å². The van der Waals surface area contributed by atoms with E-state index in [0.717, 1.165) is 22.2 Å². The van der Waals surface area contributed by atoms with E-state index in [2.05, 4.69) is 15.3 Å². The molecule has 28 heavy (non-hydrogen) atoms. The minimum Gasteiger partial charge on any atom is -0.484 e. The largest absolute Gasteiger partial charge is 0.484 e. The van der Waals surface area contributed by atoms with Crippen LogP contribution in [0.2, 0.25) is 0 Å². The molecule has 4 aromatic rings. The van der Waals surface area contributed by atoms with Gasteiger partial charge in [0, 0.05) is 33.6 Å². The fourth-order valence-electron chi connectivity index (χ4n) is 2.79. The molecule has 4 N–H and O–H groups in total. The number of aromatic amines is 1. The molecule has 2 aromatic heterocycles. The number of carbonyl (C=O) groups excluding carboxylic acids is 2. The normalized spacial score (nSPS) is 10.7. The quantitative estimate of drug-likeness (QED) is 0.467. The first-order valence-corrected chi connectivity index (χ1v) is 9.32. The van der Waals surface area contributed by atoms with Crippen molar-refractivity contribution in [2.24, 2.45) is 5.73 Å². The minimum absolute atomic E-state index is 0.245. The first-order chi connectivity index (χ1) is 13.6. The molecule has 140 valence electrons. The van der Waals surface area contributed by atoms with E-state index in [4.69, 9.17) is 10.5 Å². The average molecular weight is 392 g/mol. The summed E-state index contributed by atoms with van der Waals surface area (Å²) in [4.78, 5) is 31.1. The maximum atomic E-state index is 12.5. The van der Waals surface area contributed by atoms with Gasteiger partial charge in [0.15, 0.2) is 11.7 Å². The van der Waals surface area contributed by atoms with E-state index in [1.807, 2.05) is 35.8 Å². The zero-order valence-corrected chi connectivity index (χ0v) is 15.5. The third-order valence-corrected chi connectivity index (χ3v) is 4.82. The predicted molar refractivity (Wildman–Crippen MR) is 108 cm³/mol. The van der Waals surface area contributed by atoms with E-state index in [-0.39, 0.29) is 12.5 Å². The number of thiazole rings is 1. The van der Waals surface area contributed by atoms with Crippen molar-refractivity contribution in [2.45, 2.75) is 0 Å². The van der Waals surface area contributed by atoms with Crippen LogP contribution in [0.25, 0.3) is 22.2 Å². The molecule has 0 saturated carbocycles. The van der Waals surface area contributed by atoms with Gasteiger partial charge >= 0.3 is 0 Å². The summed E-state index contributed by atoms with van der Waals surface area (Å²) >= 11 is 1.35. The Morgan fingerprint density at radius 2 is 2.04 bits per heavy atom. The van der Waals surface area contributed by atoms with Crippen molar-refractivity contribution in [1.82, 2.24) is 9.97 Å². The highest BCUT2D eigenvalue weighted by Crippen LogP contribution is 2.31. The highest BCUT2D eigenvalue weighted by atomic mass is 32.1. The summed E-state index contributed by atoms with van der Waals surface area (Å²) < 4.78 is 5.23. The van der Waals surface area contributed by atoms with Crippen molar-refractivity contribution in [3.63, 3.8) is 0 Å². The Balaban J connectivity index is 1.50. The van der Waals surface area contributed by atoms with Gasteiger partial charge in [-0.3, -0.25) is 14.9 Å². The van der Waals surface area contributed by atoms with Crippen LogP contribution in [-0.4, -0.2) is 28.4 Å². The average Bonchev–Trinajstić information content (AvgIpc) is 3.33. The number of amides is 2. The van der Waals surface area contributed by atoms with Crippen molar-refractivity contribution in [1.29, 1.82) is 0 Å². The number of rotatable bonds is 6. The lowest BCUT2D eigenvalue weighted by molar-refractivity contribution is -0.119. The monoisotopic (exact) mass is 392 g/mol. The summed E-state index contributed by atoms with van der Waals surface area (Å²) in [7, 11) is 0. The highest BCUT2D eigenvalue weighted by Gasteiger charge is 2.13.